The van der Waals surface area contributed by atoms with E-state index in [0.29, 0.717) is 0 Å². The third-order valence-electron chi connectivity index (χ3n) is 0.551. The number of allylic oxidation sites excluding steroid dienone is 3. The first-order valence-electron chi connectivity index (χ1n) is 2.16. The zero-order valence-electron chi connectivity index (χ0n) is 4.47. The Morgan fingerprint density at radius 2 is 2.25 bits per heavy atom. The SMILES string of the molecule is C=C/C=C\C(N)=C/I. The lowest BCUT2D eigenvalue weighted by Gasteiger charge is -1.82. The van der Waals surface area contributed by atoms with Gasteiger partial charge in [-0.1, -0.05) is 41.3 Å². The molecule has 0 unspecified atom stereocenters. The monoisotopic (exact) mass is 221 g/mol. The van der Waals surface area contributed by atoms with Gasteiger partial charge in [0.1, 0.15) is 0 Å². The first-order chi connectivity index (χ1) is 3.81. The van der Waals surface area contributed by atoms with Crippen molar-refractivity contribution in [3.8, 4) is 0 Å². The van der Waals surface area contributed by atoms with Gasteiger partial charge in [-0.3, -0.25) is 0 Å². The molecule has 1 nitrogen and oxygen atoms in total. The quantitative estimate of drug-likeness (QED) is 0.559. The van der Waals surface area contributed by atoms with E-state index < -0.39 is 0 Å². The first-order valence-corrected chi connectivity index (χ1v) is 3.40. The molecular weight excluding hydrogens is 213 g/mol. The molecule has 0 aliphatic rings. The zero-order chi connectivity index (χ0) is 6.41. The fraction of sp³-hybridized carbons (Fsp3) is 0. The topological polar surface area (TPSA) is 26.0 Å². The van der Waals surface area contributed by atoms with Gasteiger partial charge in [-0.15, -0.1) is 0 Å². The molecule has 0 heterocycles. The van der Waals surface area contributed by atoms with Gasteiger partial charge in [0.2, 0.25) is 0 Å². The minimum atomic E-state index is 0.755. The standard InChI is InChI=1S/C6H8IN/c1-2-3-4-6(8)5-7/h2-5H,1,8H2/b4-3-,6-5+. The van der Waals surface area contributed by atoms with Crippen LogP contribution in [0.1, 0.15) is 0 Å². The fourth-order valence-electron chi connectivity index (χ4n) is 0.216. The van der Waals surface area contributed by atoms with Gasteiger partial charge in [-0.25, -0.2) is 0 Å². The van der Waals surface area contributed by atoms with Gasteiger partial charge in [0, 0.05) is 5.70 Å². The summed E-state index contributed by atoms with van der Waals surface area (Å²) in [5.41, 5.74) is 6.13. The third kappa shape index (κ3) is 3.92. The van der Waals surface area contributed by atoms with Gasteiger partial charge in [0.25, 0.3) is 0 Å². The van der Waals surface area contributed by atoms with Crippen LogP contribution in [0.5, 0.6) is 0 Å². The second kappa shape index (κ2) is 4.90. The minimum absolute atomic E-state index is 0.755. The molecule has 0 bridgehead atoms. The fourth-order valence-corrected chi connectivity index (χ4v) is 0.423. The van der Waals surface area contributed by atoms with E-state index in [2.05, 4.69) is 29.2 Å². The highest BCUT2D eigenvalue weighted by Gasteiger charge is 1.72. The Morgan fingerprint density at radius 3 is 2.62 bits per heavy atom. The van der Waals surface area contributed by atoms with E-state index in [-0.39, 0.29) is 0 Å². The molecule has 0 atom stereocenters. The molecule has 0 aromatic carbocycles. The summed E-state index contributed by atoms with van der Waals surface area (Å²) in [5.74, 6) is 0. The van der Waals surface area contributed by atoms with Crippen molar-refractivity contribution in [1.29, 1.82) is 0 Å². The normalized spacial score (nSPS) is 12.4. The molecule has 0 aliphatic heterocycles. The van der Waals surface area contributed by atoms with Gasteiger partial charge in [0.15, 0.2) is 0 Å². The Labute approximate surface area is 63.1 Å². The van der Waals surface area contributed by atoms with Crippen LogP contribution in [0.15, 0.2) is 34.6 Å². The second-order valence-corrected chi connectivity index (χ2v) is 1.83. The van der Waals surface area contributed by atoms with Crippen molar-refractivity contribution in [2.24, 2.45) is 5.73 Å². The molecule has 0 saturated heterocycles. The highest BCUT2D eigenvalue weighted by atomic mass is 127. The summed E-state index contributed by atoms with van der Waals surface area (Å²) < 4.78 is 1.80. The predicted molar refractivity (Wildman–Crippen MR) is 45.6 cm³/mol. The van der Waals surface area contributed by atoms with E-state index in [0.717, 1.165) is 5.70 Å². The Morgan fingerprint density at radius 1 is 1.62 bits per heavy atom. The van der Waals surface area contributed by atoms with Gasteiger partial charge < -0.3 is 5.73 Å². The van der Waals surface area contributed by atoms with Crippen molar-refractivity contribution in [3.05, 3.63) is 34.6 Å². The van der Waals surface area contributed by atoms with Gasteiger partial charge in [-0.2, -0.15) is 0 Å². The molecule has 0 aromatic heterocycles. The number of hydrogen-bond donors (Lipinski definition) is 1. The average Bonchev–Trinajstić information content (AvgIpc) is 1.83. The molecule has 0 rings (SSSR count). The molecule has 0 radical (unpaired) electrons. The van der Waals surface area contributed by atoms with Crippen molar-refractivity contribution >= 4 is 22.6 Å². The predicted octanol–water partition coefficient (Wildman–Crippen LogP) is 1.96. The summed E-state index contributed by atoms with van der Waals surface area (Å²) in [4.78, 5) is 0. The van der Waals surface area contributed by atoms with E-state index in [4.69, 9.17) is 5.73 Å². The van der Waals surface area contributed by atoms with Crippen molar-refractivity contribution in [2.45, 2.75) is 0 Å². The van der Waals surface area contributed by atoms with Crippen LogP contribution in [0.2, 0.25) is 0 Å². The maximum atomic E-state index is 5.38. The Bertz CT molecular complexity index is 124. The first kappa shape index (κ1) is 7.75. The average molecular weight is 221 g/mol. The van der Waals surface area contributed by atoms with E-state index >= 15 is 0 Å². The van der Waals surface area contributed by atoms with Crippen LogP contribution in [0, 0.1) is 0 Å². The molecule has 0 aromatic rings. The molecule has 8 heavy (non-hydrogen) atoms. The number of nitrogens with two attached hydrogens (primary N) is 1. The Balaban J connectivity index is 3.69. The molecule has 0 spiro atoms. The summed E-state index contributed by atoms with van der Waals surface area (Å²) in [7, 11) is 0. The van der Waals surface area contributed by atoms with E-state index in [1.807, 2.05) is 0 Å². The summed E-state index contributed by atoms with van der Waals surface area (Å²) in [6.07, 6.45) is 5.27. The van der Waals surface area contributed by atoms with E-state index in [9.17, 15) is 0 Å². The van der Waals surface area contributed by atoms with Crippen molar-refractivity contribution in [3.63, 3.8) is 0 Å². The van der Waals surface area contributed by atoms with Crippen LogP contribution < -0.4 is 5.73 Å². The molecule has 44 valence electrons. The smallest absolute Gasteiger partial charge is 0.0375 e. The highest BCUT2D eigenvalue weighted by Crippen LogP contribution is 1.91. The summed E-state index contributed by atoms with van der Waals surface area (Å²) in [5, 5.41) is 0. The zero-order valence-corrected chi connectivity index (χ0v) is 6.63. The van der Waals surface area contributed by atoms with Crippen LogP contribution in [0.3, 0.4) is 0 Å². The maximum absolute atomic E-state index is 5.38. The van der Waals surface area contributed by atoms with Crippen LogP contribution >= 0.6 is 22.6 Å². The minimum Gasteiger partial charge on any atom is -0.398 e. The lowest BCUT2D eigenvalue weighted by molar-refractivity contribution is 1.45. The molecule has 0 saturated carbocycles. The van der Waals surface area contributed by atoms with E-state index in [1.165, 1.54) is 0 Å². The molecule has 0 aliphatic carbocycles. The maximum Gasteiger partial charge on any atom is 0.0375 e. The molecular formula is C6H8IN. The molecule has 0 amide bonds. The van der Waals surface area contributed by atoms with Crippen LogP contribution in [-0.4, -0.2) is 0 Å². The second-order valence-electron chi connectivity index (χ2n) is 1.20. The van der Waals surface area contributed by atoms with E-state index in [1.54, 1.807) is 22.3 Å². The van der Waals surface area contributed by atoms with Gasteiger partial charge in [0.05, 0.1) is 0 Å². The van der Waals surface area contributed by atoms with Crippen molar-refractivity contribution in [1.82, 2.24) is 0 Å². The summed E-state index contributed by atoms with van der Waals surface area (Å²) in [6, 6.07) is 0. The van der Waals surface area contributed by atoms with Crippen molar-refractivity contribution < 1.29 is 0 Å². The Kier molecular flexibility index (Phi) is 4.75. The number of halogens is 1. The lowest BCUT2D eigenvalue weighted by atomic mass is 10.4. The van der Waals surface area contributed by atoms with Crippen molar-refractivity contribution in [2.75, 3.05) is 0 Å². The molecule has 2 heteroatoms. The largest absolute Gasteiger partial charge is 0.398 e. The van der Waals surface area contributed by atoms with Gasteiger partial charge >= 0.3 is 0 Å². The Hall–Kier alpha value is -0.250. The van der Waals surface area contributed by atoms with Crippen LogP contribution in [0.4, 0.5) is 0 Å². The van der Waals surface area contributed by atoms with Crippen LogP contribution in [0.25, 0.3) is 0 Å². The third-order valence-corrected chi connectivity index (χ3v) is 1.27. The number of hydrogen-bond acceptors (Lipinski definition) is 1. The summed E-state index contributed by atoms with van der Waals surface area (Å²) >= 11 is 2.08. The highest BCUT2D eigenvalue weighted by molar-refractivity contribution is 14.1. The molecule has 2 N–H and O–H groups in total. The summed E-state index contributed by atoms with van der Waals surface area (Å²) in [6.45, 7) is 3.49. The lowest BCUT2D eigenvalue weighted by Crippen LogP contribution is -1.88. The molecule has 0 fully saturated rings. The number of rotatable bonds is 2. The van der Waals surface area contributed by atoms with Crippen LogP contribution in [-0.2, 0) is 0 Å². The van der Waals surface area contributed by atoms with Gasteiger partial charge in [-0.05, 0) is 10.2 Å².